The third kappa shape index (κ3) is 6.55. The van der Waals surface area contributed by atoms with Crippen molar-refractivity contribution in [2.24, 2.45) is 17.6 Å². The molecule has 0 bridgehead atoms. The maximum atomic E-state index is 13.2. The van der Waals surface area contributed by atoms with Gasteiger partial charge in [-0.25, -0.2) is 4.79 Å². The number of hydrogen-bond donors (Lipinski definition) is 3. The maximum absolute atomic E-state index is 13.2. The minimum atomic E-state index is -0.637. The maximum Gasteiger partial charge on any atom is 0.330 e. The molecular weight excluding hydrogens is 388 g/mol. The third-order valence-electron chi connectivity index (χ3n) is 5.43. The predicted octanol–water partition coefficient (Wildman–Crippen LogP) is 0.0910. The van der Waals surface area contributed by atoms with Crippen LogP contribution in [-0.4, -0.2) is 66.4 Å². The topological polar surface area (TPSA) is 131 Å². The van der Waals surface area contributed by atoms with E-state index in [0.29, 0.717) is 38.8 Å². The van der Waals surface area contributed by atoms with Gasteiger partial charge in [0, 0.05) is 31.1 Å². The van der Waals surface area contributed by atoms with E-state index in [-0.39, 0.29) is 36.2 Å². The quantitative estimate of drug-likeness (QED) is 0.338. The fourth-order valence-corrected chi connectivity index (χ4v) is 3.88. The van der Waals surface area contributed by atoms with Crippen molar-refractivity contribution in [3.8, 4) is 0 Å². The highest BCUT2D eigenvalue weighted by Gasteiger charge is 2.38. The molecule has 2 fully saturated rings. The van der Waals surface area contributed by atoms with Crippen LogP contribution >= 0.6 is 0 Å². The number of likely N-dealkylation sites (tertiary alicyclic amines) is 1. The number of carbonyl (C=O) groups is 4. The summed E-state index contributed by atoms with van der Waals surface area (Å²) >= 11 is 0. The minimum absolute atomic E-state index is 0.0572. The molecule has 4 atom stereocenters. The smallest absolute Gasteiger partial charge is 0.330 e. The van der Waals surface area contributed by atoms with E-state index < -0.39 is 24.1 Å². The van der Waals surface area contributed by atoms with Gasteiger partial charge in [0.25, 0.3) is 0 Å². The van der Waals surface area contributed by atoms with Gasteiger partial charge >= 0.3 is 5.97 Å². The Kier molecular flexibility index (Phi) is 8.83. The van der Waals surface area contributed by atoms with Crippen LogP contribution in [0.3, 0.4) is 0 Å². The Morgan fingerprint density at radius 2 is 2.07 bits per heavy atom. The van der Waals surface area contributed by atoms with Crippen molar-refractivity contribution in [3.63, 3.8) is 0 Å². The third-order valence-corrected chi connectivity index (χ3v) is 5.43. The highest BCUT2D eigenvalue weighted by Crippen LogP contribution is 2.21. The molecule has 0 spiro atoms. The zero-order valence-corrected chi connectivity index (χ0v) is 18.1. The summed E-state index contributed by atoms with van der Waals surface area (Å²) in [5, 5.41) is 5.72. The Labute approximate surface area is 177 Å². The number of nitrogens with two attached hydrogens (primary N) is 1. The molecule has 2 rings (SSSR count). The van der Waals surface area contributed by atoms with Gasteiger partial charge in [-0.15, -0.1) is 0 Å². The number of rotatable bonds is 10. The number of hydrogen-bond acceptors (Lipinski definition) is 6. The highest BCUT2D eigenvalue weighted by molar-refractivity contribution is 5.91. The summed E-state index contributed by atoms with van der Waals surface area (Å²) < 4.78 is 4.91. The van der Waals surface area contributed by atoms with Crippen molar-refractivity contribution in [1.29, 1.82) is 0 Å². The molecule has 0 saturated carbocycles. The normalized spacial score (nSPS) is 23.7. The van der Waals surface area contributed by atoms with Gasteiger partial charge in [0.1, 0.15) is 6.04 Å². The van der Waals surface area contributed by atoms with E-state index >= 15 is 0 Å². The Bertz CT molecular complexity index is 678. The van der Waals surface area contributed by atoms with Gasteiger partial charge in [-0.3, -0.25) is 14.4 Å². The van der Waals surface area contributed by atoms with Crippen molar-refractivity contribution in [3.05, 3.63) is 12.2 Å². The predicted molar refractivity (Wildman–Crippen MR) is 111 cm³/mol. The fourth-order valence-electron chi connectivity index (χ4n) is 3.88. The van der Waals surface area contributed by atoms with E-state index in [1.807, 2.05) is 13.8 Å². The van der Waals surface area contributed by atoms with Gasteiger partial charge in [-0.2, -0.15) is 0 Å². The molecule has 4 N–H and O–H groups in total. The summed E-state index contributed by atoms with van der Waals surface area (Å²) in [4.78, 5) is 50.9. The molecule has 168 valence electrons. The number of nitrogens with zero attached hydrogens (tertiary/aromatic N) is 1. The van der Waals surface area contributed by atoms with Crippen LogP contribution in [0.4, 0.5) is 0 Å². The molecule has 3 amide bonds. The lowest BCUT2D eigenvalue weighted by molar-refractivity contribution is -0.138. The van der Waals surface area contributed by atoms with E-state index in [2.05, 4.69) is 10.6 Å². The van der Waals surface area contributed by atoms with Crippen molar-refractivity contribution in [2.75, 3.05) is 19.7 Å². The summed E-state index contributed by atoms with van der Waals surface area (Å²) in [6.45, 7) is 6.98. The average molecular weight is 423 g/mol. The second-order valence-corrected chi connectivity index (χ2v) is 8.31. The number of ether oxygens (including phenoxy) is 1. The highest BCUT2D eigenvalue weighted by atomic mass is 16.5. The van der Waals surface area contributed by atoms with Gasteiger partial charge in [0.15, 0.2) is 0 Å². The summed E-state index contributed by atoms with van der Waals surface area (Å²) in [6.07, 6.45) is 4.90. The Balaban J connectivity index is 2.14. The molecule has 0 radical (unpaired) electrons. The SMILES string of the molecule is CCOC(=O)C=C[C@H](C[C@@H]1CCNC1=O)NC(=O)[C@H](CC(C)C)N1CCC(N)C1=O. The fraction of sp³-hybridized carbons (Fsp3) is 0.714. The number of amides is 3. The second kappa shape index (κ2) is 11.1. The summed E-state index contributed by atoms with van der Waals surface area (Å²) in [6, 6.07) is -1.74. The average Bonchev–Trinajstić information content (AvgIpc) is 3.23. The molecule has 30 heavy (non-hydrogen) atoms. The molecule has 2 aliphatic heterocycles. The van der Waals surface area contributed by atoms with E-state index in [9.17, 15) is 19.2 Å². The second-order valence-electron chi connectivity index (χ2n) is 8.31. The van der Waals surface area contributed by atoms with E-state index in [1.54, 1.807) is 17.9 Å². The Morgan fingerprint density at radius 1 is 1.33 bits per heavy atom. The van der Waals surface area contributed by atoms with E-state index in [4.69, 9.17) is 10.5 Å². The first kappa shape index (κ1) is 23.9. The standard InChI is InChI=1S/C21H34N4O5/c1-4-30-18(26)6-5-15(12-14-7-9-23-19(14)27)24-20(28)17(11-13(2)3)25-10-8-16(22)21(25)29/h5-6,13-17H,4,7-12,22H2,1-3H3,(H,23,27)(H,24,28)/t14-,15+,16?,17-/m0/s1. The van der Waals surface area contributed by atoms with Gasteiger partial charge in [0.05, 0.1) is 12.6 Å². The Hall–Kier alpha value is -2.42. The number of carbonyl (C=O) groups excluding carboxylic acids is 4. The lowest BCUT2D eigenvalue weighted by Crippen LogP contribution is -2.52. The van der Waals surface area contributed by atoms with E-state index in [0.717, 1.165) is 0 Å². The first-order valence-corrected chi connectivity index (χ1v) is 10.7. The zero-order valence-electron chi connectivity index (χ0n) is 18.1. The van der Waals surface area contributed by atoms with Crippen LogP contribution in [0.1, 0.15) is 46.5 Å². The van der Waals surface area contributed by atoms with Crippen molar-refractivity contribution < 1.29 is 23.9 Å². The van der Waals surface area contributed by atoms with Crippen LogP contribution in [0.25, 0.3) is 0 Å². The van der Waals surface area contributed by atoms with E-state index in [1.165, 1.54) is 6.08 Å². The zero-order chi connectivity index (χ0) is 22.3. The molecular formula is C21H34N4O5. The van der Waals surface area contributed by atoms with Crippen LogP contribution in [0.5, 0.6) is 0 Å². The van der Waals surface area contributed by atoms with Crippen molar-refractivity contribution >= 4 is 23.7 Å². The van der Waals surface area contributed by atoms with Crippen molar-refractivity contribution in [1.82, 2.24) is 15.5 Å². The van der Waals surface area contributed by atoms with Crippen LogP contribution in [-0.2, 0) is 23.9 Å². The molecule has 0 aromatic heterocycles. The van der Waals surface area contributed by atoms with Gasteiger partial charge in [-0.1, -0.05) is 19.9 Å². The lowest BCUT2D eigenvalue weighted by Gasteiger charge is -2.30. The van der Waals surface area contributed by atoms with Gasteiger partial charge < -0.3 is 26.0 Å². The number of esters is 1. The summed E-state index contributed by atoms with van der Waals surface area (Å²) in [5.41, 5.74) is 5.84. The first-order chi connectivity index (χ1) is 14.2. The molecule has 0 aromatic carbocycles. The number of nitrogens with one attached hydrogen (secondary N) is 2. The largest absolute Gasteiger partial charge is 0.463 e. The molecule has 2 saturated heterocycles. The first-order valence-electron chi connectivity index (χ1n) is 10.7. The van der Waals surface area contributed by atoms with Crippen molar-refractivity contribution in [2.45, 2.75) is 64.6 Å². The molecule has 0 aromatic rings. The van der Waals surface area contributed by atoms with Crippen LogP contribution in [0.2, 0.25) is 0 Å². The molecule has 1 unspecified atom stereocenters. The molecule has 9 heteroatoms. The van der Waals surface area contributed by atoms with Crippen LogP contribution in [0, 0.1) is 11.8 Å². The van der Waals surface area contributed by atoms with Crippen LogP contribution in [0.15, 0.2) is 12.2 Å². The molecule has 2 heterocycles. The monoisotopic (exact) mass is 422 g/mol. The summed E-state index contributed by atoms with van der Waals surface area (Å²) in [7, 11) is 0. The van der Waals surface area contributed by atoms with Gasteiger partial charge in [0.2, 0.25) is 17.7 Å². The molecule has 0 aliphatic carbocycles. The minimum Gasteiger partial charge on any atom is -0.463 e. The molecule has 2 aliphatic rings. The van der Waals surface area contributed by atoms with Crippen LogP contribution < -0.4 is 16.4 Å². The summed E-state index contributed by atoms with van der Waals surface area (Å²) in [5.74, 6) is -1.13. The molecule has 9 nitrogen and oxygen atoms in total. The van der Waals surface area contributed by atoms with Gasteiger partial charge in [-0.05, 0) is 38.5 Å². The lowest BCUT2D eigenvalue weighted by atomic mass is 9.96. The Morgan fingerprint density at radius 3 is 2.60 bits per heavy atom.